The number of carbonyl (C=O) groups is 1. The van der Waals surface area contributed by atoms with E-state index in [9.17, 15) is 4.79 Å². The van der Waals surface area contributed by atoms with Crippen molar-refractivity contribution in [2.45, 2.75) is 6.54 Å². The van der Waals surface area contributed by atoms with Crippen molar-refractivity contribution in [3.05, 3.63) is 52.8 Å². The highest BCUT2D eigenvalue weighted by Gasteiger charge is 2.20. The number of halogens is 1. The van der Waals surface area contributed by atoms with Crippen LogP contribution >= 0.6 is 11.6 Å². The number of nitrogens with zero attached hydrogens (tertiary/aromatic N) is 4. The van der Waals surface area contributed by atoms with Crippen LogP contribution in [0.5, 0.6) is 0 Å². The van der Waals surface area contributed by atoms with Gasteiger partial charge in [-0.15, -0.1) is 0 Å². The van der Waals surface area contributed by atoms with Crippen LogP contribution < -0.4 is 4.90 Å². The van der Waals surface area contributed by atoms with Gasteiger partial charge in [0.05, 0.1) is 10.6 Å². The predicted molar refractivity (Wildman–Crippen MR) is 87.9 cm³/mol. The summed E-state index contributed by atoms with van der Waals surface area (Å²) in [6.45, 7) is 4.02. The van der Waals surface area contributed by atoms with Gasteiger partial charge in [-0.2, -0.15) is 0 Å². The van der Waals surface area contributed by atoms with Gasteiger partial charge >= 0.3 is 5.97 Å². The molecule has 0 radical (unpaired) electrons. The molecule has 0 bridgehead atoms. The summed E-state index contributed by atoms with van der Waals surface area (Å²) in [6, 6.07) is 6.94. The topological polar surface area (TPSA) is 69.6 Å². The maximum absolute atomic E-state index is 11.1. The molecule has 1 saturated heterocycles. The summed E-state index contributed by atoms with van der Waals surface area (Å²) in [5, 5.41) is 9.47. The molecule has 120 valence electrons. The third-order valence-corrected chi connectivity index (χ3v) is 4.36. The Labute approximate surface area is 139 Å². The Bertz CT molecular complexity index is 688. The summed E-state index contributed by atoms with van der Waals surface area (Å²) in [6.07, 6.45) is 3.48. The standard InChI is InChI=1S/C16H17ClN4O2/c17-14-12(3-1-4-13(14)15(22)23)11-20-7-9-21(10-8-20)16-18-5-2-6-19-16/h1-6H,7-11H2,(H,22,23). The number of rotatable bonds is 4. The molecule has 1 aromatic carbocycles. The number of piperazine rings is 1. The number of carboxylic acids is 1. The molecular formula is C16H17ClN4O2. The van der Waals surface area contributed by atoms with Crippen molar-refractivity contribution in [2.75, 3.05) is 31.1 Å². The van der Waals surface area contributed by atoms with Crippen molar-refractivity contribution in [1.29, 1.82) is 0 Å². The zero-order chi connectivity index (χ0) is 16.2. The minimum Gasteiger partial charge on any atom is -0.478 e. The number of benzene rings is 1. The Morgan fingerprint density at radius 3 is 2.48 bits per heavy atom. The molecule has 2 aromatic rings. The first-order chi connectivity index (χ1) is 11.1. The molecule has 7 heteroatoms. The third kappa shape index (κ3) is 3.60. The zero-order valence-electron chi connectivity index (χ0n) is 12.5. The Morgan fingerprint density at radius 2 is 1.83 bits per heavy atom. The Morgan fingerprint density at radius 1 is 1.13 bits per heavy atom. The minimum absolute atomic E-state index is 0.153. The fraction of sp³-hybridized carbons (Fsp3) is 0.312. The van der Waals surface area contributed by atoms with E-state index in [1.54, 1.807) is 24.5 Å². The zero-order valence-corrected chi connectivity index (χ0v) is 13.3. The van der Waals surface area contributed by atoms with Crippen LogP contribution in [0.1, 0.15) is 15.9 Å². The van der Waals surface area contributed by atoms with E-state index in [1.165, 1.54) is 6.07 Å². The van der Waals surface area contributed by atoms with Crippen molar-refractivity contribution in [3.8, 4) is 0 Å². The molecule has 1 aliphatic heterocycles. The smallest absolute Gasteiger partial charge is 0.337 e. The lowest BCUT2D eigenvalue weighted by Gasteiger charge is -2.34. The van der Waals surface area contributed by atoms with E-state index in [2.05, 4.69) is 19.8 Å². The monoisotopic (exact) mass is 332 g/mol. The van der Waals surface area contributed by atoms with Crippen LogP contribution in [-0.2, 0) is 6.54 Å². The van der Waals surface area contributed by atoms with Crippen LogP contribution in [0.3, 0.4) is 0 Å². The molecular weight excluding hydrogens is 316 g/mol. The molecule has 1 aromatic heterocycles. The van der Waals surface area contributed by atoms with E-state index in [0.29, 0.717) is 11.6 Å². The first kappa shape index (κ1) is 15.7. The van der Waals surface area contributed by atoms with Gasteiger partial charge in [0, 0.05) is 45.1 Å². The lowest BCUT2D eigenvalue weighted by atomic mass is 10.1. The van der Waals surface area contributed by atoms with Crippen LogP contribution in [-0.4, -0.2) is 52.1 Å². The predicted octanol–water partition coefficient (Wildman–Crippen LogP) is 2.15. The largest absolute Gasteiger partial charge is 0.478 e. The molecule has 0 spiro atoms. The van der Waals surface area contributed by atoms with Crippen LogP contribution in [0, 0.1) is 0 Å². The first-order valence-corrected chi connectivity index (χ1v) is 7.78. The lowest BCUT2D eigenvalue weighted by molar-refractivity contribution is 0.0697. The summed E-state index contributed by atoms with van der Waals surface area (Å²) in [7, 11) is 0. The fourth-order valence-corrected chi connectivity index (χ4v) is 2.94. The molecule has 6 nitrogen and oxygen atoms in total. The van der Waals surface area contributed by atoms with E-state index in [4.69, 9.17) is 16.7 Å². The number of aromatic carboxylic acids is 1. The normalized spacial score (nSPS) is 15.6. The summed E-state index contributed by atoms with van der Waals surface area (Å²) in [4.78, 5) is 24.1. The number of hydrogen-bond acceptors (Lipinski definition) is 5. The maximum Gasteiger partial charge on any atom is 0.337 e. The van der Waals surface area contributed by atoms with E-state index in [-0.39, 0.29) is 5.56 Å². The average Bonchev–Trinajstić information content (AvgIpc) is 2.58. The van der Waals surface area contributed by atoms with Gasteiger partial charge in [-0.05, 0) is 17.7 Å². The van der Waals surface area contributed by atoms with E-state index in [0.717, 1.165) is 37.7 Å². The Balaban J connectivity index is 1.63. The van der Waals surface area contributed by atoms with Crippen molar-refractivity contribution in [2.24, 2.45) is 0 Å². The van der Waals surface area contributed by atoms with Crippen molar-refractivity contribution >= 4 is 23.5 Å². The molecule has 1 fully saturated rings. The second-order valence-electron chi connectivity index (χ2n) is 5.40. The summed E-state index contributed by atoms with van der Waals surface area (Å²) in [5.41, 5.74) is 0.997. The van der Waals surface area contributed by atoms with Crippen LogP contribution in [0.15, 0.2) is 36.7 Å². The van der Waals surface area contributed by atoms with Gasteiger partial charge in [0.2, 0.25) is 5.95 Å². The molecule has 0 atom stereocenters. The molecule has 2 heterocycles. The number of anilines is 1. The lowest BCUT2D eigenvalue weighted by Crippen LogP contribution is -2.46. The van der Waals surface area contributed by atoms with Crippen molar-refractivity contribution in [3.63, 3.8) is 0 Å². The highest BCUT2D eigenvalue weighted by Crippen LogP contribution is 2.23. The SMILES string of the molecule is O=C(O)c1cccc(CN2CCN(c3ncccn3)CC2)c1Cl. The second kappa shape index (κ2) is 6.93. The van der Waals surface area contributed by atoms with E-state index < -0.39 is 5.97 Å². The molecule has 23 heavy (non-hydrogen) atoms. The van der Waals surface area contributed by atoms with Gasteiger partial charge in [0.25, 0.3) is 0 Å². The van der Waals surface area contributed by atoms with Gasteiger partial charge in [-0.25, -0.2) is 14.8 Å². The van der Waals surface area contributed by atoms with Crippen LogP contribution in [0.4, 0.5) is 5.95 Å². The summed E-state index contributed by atoms with van der Waals surface area (Å²) < 4.78 is 0. The molecule has 0 saturated carbocycles. The van der Waals surface area contributed by atoms with Gasteiger partial charge in [-0.1, -0.05) is 23.7 Å². The quantitative estimate of drug-likeness (QED) is 0.925. The van der Waals surface area contributed by atoms with Crippen LogP contribution in [0.2, 0.25) is 5.02 Å². The summed E-state index contributed by atoms with van der Waals surface area (Å²) >= 11 is 6.21. The van der Waals surface area contributed by atoms with Crippen molar-refractivity contribution < 1.29 is 9.90 Å². The van der Waals surface area contributed by atoms with Gasteiger partial charge < -0.3 is 10.0 Å². The Kier molecular flexibility index (Phi) is 4.73. The highest BCUT2D eigenvalue weighted by molar-refractivity contribution is 6.34. The summed E-state index contributed by atoms with van der Waals surface area (Å²) in [5.74, 6) is -0.249. The molecule has 0 unspecified atom stereocenters. The van der Waals surface area contributed by atoms with Gasteiger partial charge in [0.1, 0.15) is 0 Å². The van der Waals surface area contributed by atoms with E-state index >= 15 is 0 Å². The number of hydrogen-bond donors (Lipinski definition) is 1. The first-order valence-electron chi connectivity index (χ1n) is 7.40. The molecule has 0 aliphatic carbocycles. The van der Waals surface area contributed by atoms with E-state index in [1.807, 2.05) is 6.07 Å². The van der Waals surface area contributed by atoms with Crippen molar-refractivity contribution in [1.82, 2.24) is 14.9 Å². The number of aromatic nitrogens is 2. The van der Waals surface area contributed by atoms with Crippen LogP contribution in [0.25, 0.3) is 0 Å². The molecule has 0 amide bonds. The highest BCUT2D eigenvalue weighted by atomic mass is 35.5. The molecule has 3 rings (SSSR count). The molecule has 1 N–H and O–H groups in total. The average molecular weight is 333 g/mol. The minimum atomic E-state index is -0.997. The third-order valence-electron chi connectivity index (χ3n) is 3.91. The maximum atomic E-state index is 11.1. The fourth-order valence-electron chi connectivity index (χ4n) is 2.67. The Hall–Kier alpha value is -2.18. The van der Waals surface area contributed by atoms with Gasteiger partial charge in [0.15, 0.2) is 0 Å². The van der Waals surface area contributed by atoms with Gasteiger partial charge in [-0.3, -0.25) is 4.90 Å². The second-order valence-corrected chi connectivity index (χ2v) is 5.77. The number of carboxylic acid groups (broad SMARTS) is 1. The molecule has 1 aliphatic rings.